The number of esters is 1. The van der Waals surface area contributed by atoms with E-state index in [0.29, 0.717) is 4.88 Å². The molecule has 1 heterocycles. The van der Waals surface area contributed by atoms with Crippen molar-refractivity contribution in [1.82, 2.24) is 0 Å². The van der Waals surface area contributed by atoms with Gasteiger partial charge < -0.3 is 9.47 Å². The quantitative estimate of drug-likeness (QED) is 0.736. The summed E-state index contributed by atoms with van der Waals surface area (Å²) in [5, 5.41) is 1.74. The van der Waals surface area contributed by atoms with Gasteiger partial charge in [0.25, 0.3) is 0 Å². The van der Waals surface area contributed by atoms with Gasteiger partial charge in [0.2, 0.25) is 0 Å². The Kier molecular flexibility index (Phi) is 4.16. The van der Waals surface area contributed by atoms with Gasteiger partial charge in [-0.25, -0.2) is 4.79 Å². The van der Waals surface area contributed by atoms with E-state index in [0.717, 1.165) is 0 Å². The highest BCUT2D eigenvalue weighted by atomic mass is 32.1. The normalized spacial score (nSPS) is 11.4. The Labute approximate surface area is 89.6 Å². The van der Waals surface area contributed by atoms with Crippen molar-refractivity contribution in [2.45, 2.75) is 19.6 Å². The number of thiophene rings is 1. The molecule has 6 heteroatoms. The van der Waals surface area contributed by atoms with E-state index in [2.05, 4.69) is 9.47 Å². The van der Waals surface area contributed by atoms with E-state index in [9.17, 15) is 13.6 Å². The van der Waals surface area contributed by atoms with Crippen LogP contribution in [0.25, 0.3) is 0 Å². The first-order chi connectivity index (χ1) is 7.06. The van der Waals surface area contributed by atoms with E-state index in [1.165, 1.54) is 18.3 Å². The molecule has 1 aromatic heterocycles. The van der Waals surface area contributed by atoms with Gasteiger partial charge in [-0.15, -0.1) is 11.3 Å². The molecule has 0 aliphatic heterocycles. The predicted octanol–water partition coefficient (Wildman–Crippen LogP) is 2.42. The van der Waals surface area contributed by atoms with Gasteiger partial charge in [-0.3, -0.25) is 0 Å². The monoisotopic (exact) mass is 236 g/mol. The van der Waals surface area contributed by atoms with Crippen molar-refractivity contribution in [1.29, 1.82) is 0 Å². The van der Waals surface area contributed by atoms with Crippen LogP contribution in [-0.2, 0) is 20.9 Å². The zero-order valence-corrected chi connectivity index (χ0v) is 8.85. The van der Waals surface area contributed by atoms with Gasteiger partial charge in [0.05, 0.1) is 13.2 Å². The van der Waals surface area contributed by atoms with E-state index >= 15 is 0 Å². The summed E-state index contributed by atoms with van der Waals surface area (Å²) in [6.07, 6.45) is -3.88. The third-order valence-corrected chi connectivity index (χ3v) is 2.34. The maximum Gasteiger partial charge on any atom is 0.456 e. The molecule has 0 aliphatic rings. The van der Waals surface area contributed by atoms with Crippen molar-refractivity contribution in [2.24, 2.45) is 0 Å². The maximum absolute atomic E-state index is 12.9. The molecule has 1 aromatic rings. The molecule has 0 aliphatic carbocycles. The van der Waals surface area contributed by atoms with Crippen LogP contribution in [0.15, 0.2) is 17.5 Å². The number of rotatable bonds is 5. The van der Waals surface area contributed by atoms with Gasteiger partial charge in [-0.05, 0) is 18.4 Å². The van der Waals surface area contributed by atoms with E-state index < -0.39 is 12.1 Å². The molecular formula is C9H10F2O3S. The van der Waals surface area contributed by atoms with Crippen LogP contribution >= 0.6 is 11.3 Å². The van der Waals surface area contributed by atoms with Crippen molar-refractivity contribution >= 4 is 17.3 Å². The highest BCUT2D eigenvalue weighted by Gasteiger charge is 2.42. The molecule has 15 heavy (non-hydrogen) atoms. The molecule has 0 atom stereocenters. The second-order valence-corrected chi connectivity index (χ2v) is 3.64. The third kappa shape index (κ3) is 3.56. The van der Waals surface area contributed by atoms with Crippen molar-refractivity contribution in [3.63, 3.8) is 0 Å². The first-order valence-corrected chi connectivity index (χ1v) is 5.15. The first-order valence-electron chi connectivity index (χ1n) is 4.27. The largest absolute Gasteiger partial charge is 0.460 e. The molecule has 0 bridgehead atoms. The van der Waals surface area contributed by atoms with E-state index in [1.54, 1.807) is 17.5 Å². The summed E-state index contributed by atoms with van der Waals surface area (Å²) in [6, 6.07) is 3.36. The minimum Gasteiger partial charge on any atom is -0.460 e. The fraction of sp³-hybridized carbons (Fsp3) is 0.444. The topological polar surface area (TPSA) is 35.5 Å². The fourth-order valence-electron chi connectivity index (χ4n) is 0.831. The molecule has 1 rings (SSSR count). The van der Waals surface area contributed by atoms with Gasteiger partial charge in [-0.2, -0.15) is 8.78 Å². The van der Waals surface area contributed by atoms with Gasteiger partial charge in [-0.1, -0.05) is 6.07 Å². The van der Waals surface area contributed by atoms with Crippen LogP contribution in [0.3, 0.4) is 0 Å². The first kappa shape index (κ1) is 12.1. The number of carbonyl (C=O) groups excluding carboxylic acids is 1. The Hall–Kier alpha value is -1.01. The zero-order chi connectivity index (χ0) is 11.3. The summed E-state index contributed by atoms with van der Waals surface area (Å²) in [5.41, 5.74) is 0. The lowest BCUT2D eigenvalue weighted by Crippen LogP contribution is -2.33. The minimum absolute atomic E-state index is 0.100. The molecule has 0 saturated heterocycles. The minimum atomic E-state index is -3.88. The lowest BCUT2D eigenvalue weighted by Gasteiger charge is -2.13. The van der Waals surface area contributed by atoms with Gasteiger partial charge in [0.15, 0.2) is 0 Å². The summed E-state index contributed by atoms with van der Waals surface area (Å²) in [6.45, 7) is 1.05. The standard InChI is InChI=1S/C9H10F2O3S/c1-2-13-8(12)9(10,11)14-6-7-4-3-5-15-7/h3-5H,2,6H2,1H3. The molecular weight excluding hydrogens is 226 g/mol. The summed E-state index contributed by atoms with van der Waals surface area (Å²) < 4.78 is 34.2. The molecule has 0 N–H and O–H groups in total. The number of alkyl halides is 2. The number of ether oxygens (including phenoxy) is 2. The Bertz CT molecular complexity index is 311. The van der Waals surface area contributed by atoms with Crippen LogP contribution in [0, 0.1) is 0 Å². The second-order valence-electron chi connectivity index (χ2n) is 2.61. The van der Waals surface area contributed by atoms with Crippen molar-refractivity contribution in [2.75, 3.05) is 6.61 Å². The van der Waals surface area contributed by atoms with Crippen LogP contribution < -0.4 is 0 Å². The SMILES string of the molecule is CCOC(=O)C(F)(F)OCc1cccs1. The lowest BCUT2D eigenvalue weighted by molar-refractivity contribution is -0.254. The highest BCUT2D eigenvalue weighted by molar-refractivity contribution is 7.09. The molecule has 0 unspecified atom stereocenters. The van der Waals surface area contributed by atoms with Crippen LogP contribution in [0.5, 0.6) is 0 Å². The molecule has 0 aromatic carbocycles. The third-order valence-electron chi connectivity index (χ3n) is 1.49. The van der Waals surface area contributed by atoms with Gasteiger partial charge >= 0.3 is 12.1 Å². The average molecular weight is 236 g/mol. The van der Waals surface area contributed by atoms with Gasteiger partial charge in [0.1, 0.15) is 0 Å². The van der Waals surface area contributed by atoms with Crippen LogP contribution in [-0.4, -0.2) is 18.7 Å². The van der Waals surface area contributed by atoms with Gasteiger partial charge in [0, 0.05) is 4.88 Å². The molecule has 0 radical (unpaired) electrons. The molecule has 0 spiro atoms. The number of halogens is 2. The summed E-state index contributed by atoms with van der Waals surface area (Å²) in [4.78, 5) is 11.4. The lowest BCUT2D eigenvalue weighted by atomic mass is 10.5. The maximum atomic E-state index is 12.9. The molecule has 0 amide bonds. The fourth-order valence-corrected chi connectivity index (χ4v) is 1.45. The molecule has 0 saturated carbocycles. The van der Waals surface area contributed by atoms with Crippen molar-refractivity contribution in [3.8, 4) is 0 Å². The number of hydrogen-bond donors (Lipinski definition) is 0. The van der Waals surface area contributed by atoms with Crippen LogP contribution in [0.2, 0.25) is 0 Å². The molecule has 0 fully saturated rings. The highest BCUT2D eigenvalue weighted by Crippen LogP contribution is 2.21. The zero-order valence-electron chi connectivity index (χ0n) is 8.04. The smallest absolute Gasteiger partial charge is 0.456 e. The van der Waals surface area contributed by atoms with E-state index in [4.69, 9.17) is 0 Å². The number of carbonyl (C=O) groups is 1. The van der Waals surface area contributed by atoms with Crippen LogP contribution in [0.4, 0.5) is 8.78 Å². The van der Waals surface area contributed by atoms with Crippen molar-refractivity contribution < 1.29 is 23.0 Å². The Balaban J connectivity index is 2.45. The molecule has 84 valence electrons. The van der Waals surface area contributed by atoms with E-state index in [1.807, 2.05) is 0 Å². The number of hydrogen-bond acceptors (Lipinski definition) is 4. The predicted molar refractivity (Wildman–Crippen MR) is 50.7 cm³/mol. The Morgan fingerprint density at radius 1 is 1.60 bits per heavy atom. The van der Waals surface area contributed by atoms with Crippen molar-refractivity contribution in [3.05, 3.63) is 22.4 Å². The molecule has 3 nitrogen and oxygen atoms in total. The van der Waals surface area contributed by atoms with Crippen LogP contribution in [0.1, 0.15) is 11.8 Å². The summed E-state index contributed by atoms with van der Waals surface area (Å²) in [7, 11) is 0. The second kappa shape index (κ2) is 5.18. The summed E-state index contributed by atoms with van der Waals surface area (Å²) in [5.74, 6) is -1.65. The average Bonchev–Trinajstić information content (AvgIpc) is 2.68. The summed E-state index contributed by atoms with van der Waals surface area (Å²) >= 11 is 1.28. The Morgan fingerprint density at radius 2 is 2.33 bits per heavy atom. The van der Waals surface area contributed by atoms with E-state index in [-0.39, 0.29) is 13.2 Å². The Morgan fingerprint density at radius 3 is 2.87 bits per heavy atom.